The lowest BCUT2D eigenvalue weighted by Gasteiger charge is -2.25. The van der Waals surface area contributed by atoms with Crippen molar-refractivity contribution in [1.29, 1.82) is 0 Å². The van der Waals surface area contributed by atoms with Gasteiger partial charge in [-0.2, -0.15) is 13.0 Å². The van der Waals surface area contributed by atoms with Gasteiger partial charge in [0.2, 0.25) is 11.6 Å². The van der Waals surface area contributed by atoms with Gasteiger partial charge in [0.1, 0.15) is 6.54 Å². The minimum absolute atomic E-state index is 0.112. The Morgan fingerprint density at radius 3 is 2.34 bits per heavy atom. The Morgan fingerprint density at radius 1 is 0.957 bits per heavy atom. The molecule has 47 heavy (non-hydrogen) atoms. The van der Waals surface area contributed by atoms with Crippen molar-refractivity contribution < 1.29 is 31.9 Å². The van der Waals surface area contributed by atoms with Crippen molar-refractivity contribution >= 4 is 44.9 Å². The summed E-state index contributed by atoms with van der Waals surface area (Å²) in [5.41, 5.74) is 5.55. The van der Waals surface area contributed by atoms with Crippen LogP contribution in [0.1, 0.15) is 65.0 Å². The van der Waals surface area contributed by atoms with Crippen LogP contribution in [-0.4, -0.2) is 72.1 Å². The molecule has 0 bridgehead atoms. The first kappa shape index (κ1) is 34.0. The quantitative estimate of drug-likeness (QED) is 0.145. The van der Waals surface area contributed by atoms with E-state index in [1.807, 2.05) is 6.07 Å². The number of hydrogen-bond acceptors (Lipinski definition) is 6. The van der Waals surface area contributed by atoms with Gasteiger partial charge in [-0.3, -0.25) is 23.8 Å². The maximum absolute atomic E-state index is 12.5. The van der Waals surface area contributed by atoms with Crippen LogP contribution in [0.3, 0.4) is 0 Å². The summed E-state index contributed by atoms with van der Waals surface area (Å²) >= 11 is 0. The van der Waals surface area contributed by atoms with E-state index >= 15 is 0 Å². The second kappa shape index (κ2) is 13.0. The Balaban J connectivity index is 1.31. The van der Waals surface area contributed by atoms with Crippen LogP contribution in [0, 0.1) is 0 Å². The SMILES string of the molecule is CCN1/C(=C/C=C/C2=[N+](CCCCC(=O)NCCN3C(=O)C=CC3=O)c3ccccc3C2(C)C)C(C)(C)c2cc(S(=O)(=O)O)ccc21. The van der Waals surface area contributed by atoms with Crippen LogP contribution >= 0.6 is 0 Å². The van der Waals surface area contributed by atoms with E-state index in [1.54, 1.807) is 12.1 Å². The van der Waals surface area contributed by atoms with Gasteiger partial charge in [-0.15, -0.1) is 0 Å². The summed E-state index contributed by atoms with van der Waals surface area (Å²) in [4.78, 5) is 39.0. The molecule has 11 heteroatoms. The molecule has 3 aliphatic rings. The molecular formula is C36H43N4O6S+. The molecule has 0 spiro atoms. The van der Waals surface area contributed by atoms with Gasteiger partial charge in [0, 0.05) is 79.1 Å². The summed E-state index contributed by atoms with van der Waals surface area (Å²) in [5.74, 6) is -0.826. The summed E-state index contributed by atoms with van der Waals surface area (Å²) in [5, 5.41) is 2.81. The highest BCUT2D eigenvalue weighted by Crippen LogP contribution is 2.48. The number of fused-ring (bicyclic) bond motifs is 2. The van der Waals surface area contributed by atoms with Crippen molar-refractivity contribution in [3.05, 3.63) is 89.7 Å². The standard InChI is InChI=1S/C36H42N4O6S/c1-6-38-29-18-17-25(47(44,45)46)24-27(29)36(4,5)30(38)14-11-15-31-35(2,3)26-12-7-8-13-28(26)39(31)22-10-9-16-32(41)37-21-23-40-33(42)19-20-34(40)43/h7-8,11-15,17-20,24H,6,9-10,16,21-23H2,1-5H3,(H-,37,41,44,45,46)/p+1. The normalized spacial score (nSPS) is 19.0. The van der Waals surface area contributed by atoms with Crippen molar-refractivity contribution in [3.63, 3.8) is 0 Å². The van der Waals surface area contributed by atoms with Gasteiger partial charge in [0.05, 0.1) is 10.3 Å². The number of amides is 3. The Labute approximate surface area is 276 Å². The lowest BCUT2D eigenvalue weighted by molar-refractivity contribution is -0.438. The van der Waals surface area contributed by atoms with E-state index in [0.717, 1.165) is 46.2 Å². The predicted octanol–water partition coefficient (Wildman–Crippen LogP) is 4.78. The molecule has 10 nitrogen and oxygen atoms in total. The summed E-state index contributed by atoms with van der Waals surface area (Å²) in [6, 6.07) is 13.1. The molecule has 3 heterocycles. The van der Waals surface area contributed by atoms with Crippen LogP contribution in [0.15, 0.2) is 83.4 Å². The molecule has 2 N–H and O–H groups in total. The third-order valence-corrected chi connectivity index (χ3v) is 10.2. The fraction of sp³-hybridized carbons (Fsp3) is 0.389. The van der Waals surface area contributed by atoms with Crippen molar-refractivity contribution in [2.45, 2.75) is 69.6 Å². The van der Waals surface area contributed by atoms with Crippen molar-refractivity contribution in [2.24, 2.45) is 0 Å². The summed E-state index contributed by atoms with van der Waals surface area (Å²) in [7, 11) is -4.32. The van der Waals surface area contributed by atoms with E-state index in [9.17, 15) is 27.4 Å². The van der Waals surface area contributed by atoms with Crippen LogP contribution in [0.2, 0.25) is 0 Å². The van der Waals surface area contributed by atoms with Gasteiger partial charge >= 0.3 is 0 Å². The highest BCUT2D eigenvalue weighted by Gasteiger charge is 2.44. The minimum Gasteiger partial charge on any atom is -0.354 e. The molecule has 3 aliphatic heterocycles. The molecule has 0 unspecified atom stereocenters. The highest BCUT2D eigenvalue weighted by molar-refractivity contribution is 7.85. The maximum atomic E-state index is 12.5. The number of para-hydroxylation sites is 1. The van der Waals surface area contributed by atoms with Crippen LogP contribution in [0.5, 0.6) is 0 Å². The van der Waals surface area contributed by atoms with E-state index in [4.69, 9.17) is 0 Å². The number of anilines is 1. The monoisotopic (exact) mass is 659 g/mol. The second-order valence-corrected chi connectivity index (χ2v) is 14.5. The molecule has 2 aromatic rings. The average Bonchev–Trinajstić information content (AvgIpc) is 3.54. The van der Waals surface area contributed by atoms with E-state index in [-0.39, 0.29) is 41.1 Å². The fourth-order valence-corrected chi connectivity index (χ4v) is 7.38. The van der Waals surface area contributed by atoms with Crippen LogP contribution in [0.4, 0.5) is 11.4 Å². The summed E-state index contributed by atoms with van der Waals surface area (Å²) in [6.45, 7) is 12.4. The molecule has 2 aromatic carbocycles. The Hall–Kier alpha value is -4.35. The molecule has 0 saturated carbocycles. The maximum Gasteiger partial charge on any atom is 0.294 e. The first-order valence-corrected chi connectivity index (χ1v) is 17.4. The molecule has 0 aromatic heterocycles. The number of rotatable bonds is 12. The van der Waals surface area contributed by atoms with E-state index < -0.39 is 15.5 Å². The van der Waals surface area contributed by atoms with Gasteiger partial charge in [-0.25, -0.2) is 0 Å². The minimum atomic E-state index is -4.32. The molecule has 3 amide bonds. The number of allylic oxidation sites excluding steroid dienone is 4. The largest absolute Gasteiger partial charge is 0.354 e. The van der Waals surface area contributed by atoms with Gasteiger partial charge in [-0.1, -0.05) is 38.1 Å². The third kappa shape index (κ3) is 6.59. The highest BCUT2D eigenvalue weighted by atomic mass is 32.2. The van der Waals surface area contributed by atoms with Gasteiger partial charge in [-0.05, 0) is 57.0 Å². The first-order chi connectivity index (χ1) is 22.2. The Morgan fingerprint density at radius 2 is 1.66 bits per heavy atom. The zero-order chi connectivity index (χ0) is 34.1. The zero-order valence-corrected chi connectivity index (χ0v) is 28.4. The van der Waals surface area contributed by atoms with E-state index in [1.165, 1.54) is 23.8 Å². The molecule has 0 saturated heterocycles. The number of carbonyl (C=O) groups is 3. The predicted molar refractivity (Wildman–Crippen MR) is 182 cm³/mol. The average molecular weight is 660 g/mol. The summed E-state index contributed by atoms with van der Waals surface area (Å²) < 4.78 is 35.7. The second-order valence-electron chi connectivity index (χ2n) is 13.1. The molecule has 0 radical (unpaired) electrons. The molecule has 0 fully saturated rings. The van der Waals surface area contributed by atoms with Gasteiger partial charge in [0.15, 0.2) is 5.71 Å². The van der Waals surface area contributed by atoms with E-state index in [2.05, 4.69) is 85.8 Å². The number of unbranched alkanes of at least 4 members (excludes halogenated alkanes) is 1. The smallest absolute Gasteiger partial charge is 0.294 e. The number of nitrogens with one attached hydrogen (secondary N) is 1. The van der Waals surface area contributed by atoms with Crippen molar-refractivity contribution in [2.75, 3.05) is 31.1 Å². The third-order valence-electron chi connectivity index (χ3n) is 9.38. The number of hydrogen-bond donors (Lipinski definition) is 2. The van der Waals surface area contributed by atoms with Crippen molar-refractivity contribution in [3.8, 4) is 0 Å². The van der Waals surface area contributed by atoms with E-state index in [0.29, 0.717) is 19.4 Å². The molecule has 248 valence electrons. The van der Waals surface area contributed by atoms with Crippen LogP contribution in [-0.2, 0) is 35.3 Å². The number of imide groups is 1. The van der Waals surface area contributed by atoms with Gasteiger partial charge < -0.3 is 10.2 Å². The number of benzene rings is 2. The number of carbonyl (C=O) groups excluding carboxylic acids is 3. The molecule has 5 rings (SSSR count). The molecule has 0 aliphatic carbocycles. The molecule has 0 atom stereocenters. The van der Waals surface area contributed by atoms with Crippen LogP contribution < -0.4 is 10.2 Å². The Bertz CT molecular complexity index is 1830. The number of nitrogens with zero attached hydrogens (tertiary/aromatic N) is 3. The fourth-order valence-electron chi connectivity index (χ4n) is 6.87. The topological polar surface area (TPSA) is 127 Å². The number of likely N-dealkylation sites (N-methyl/N-ethyl adjacent to an activating group) is 1. The van der Waals surface area contributed by atoms with Gasteiger partial charge in [0.25, 0.3) is 21.9 Å². The first-order valence-electron chi connectivity index (χ1n) is 16.0. The van der Waals surface area contributed by atoms with Crippen LogP contribution in [0.25, 0.3) is 0 Å². The lowest BCUT2D eigenvalue weighted by atomic mass is 9.81. The lowest BCUT2D eigenvalue weighted by Crippen LogP contribution is -2.38. The zero-order valence-electron chi connectivity index (χ0n) is 27.6. The van der Waals surface area contributed by atoms with Crippen molar-refractivity contribution in [1.82, 2.24) is 10.2 Å². The Kier molecular flexibility index (Phi) is 9.43. The molecular weight excluding hydrogens is 616 g/mol. The summed E-state index contributed by atoms with van der Waals surface area (Å²) in [6.07, 6.45) is 10.6.